The standard InChI is InChI=1S/C14H21N3O/c1-10-4-5-12(11(2)8-10)17-7-6-16(3)13(9-15)14(17)18/h4-5,8,13H,6-7,9,15H2,1-3H3. The average molecular weight is 247 g/mol. The normalized spacial score (nSPS) is 21.4. The minimum atomic E-state index is -0.195. The summed E-state index contributed by atoms with van der Waals surface area (Å²) in [6.45, 7) is 6.07. The molecule has 1 aromatic rings. The lowest BCUT2D eigenvalue weighted by Gasteiger charge is -2.38. The molecular weight excluding hydrogens is 226 g/mol. The molecule has 18 heavy (non-hydrogen) atoms. The van der Waals surface area contributed by atoms with E-state index in [2.05, 4.69) is 13.0 Å². The number of amides is 1. The van der Waals surface area contributed by atoms with E-state index in [1.165, 1.54) is 5.56 Å². The minimum absolute atomic E-state index is 0.109. The highest BCUT2D eigenvalue weighted by atomic mass is 16.2. The average Bonchev–Trinajstić information content (AvgIpc) is 2.31. The van der Waals surface area contributed by atoms with Crippen molar-refractivity contribution in [2.45, 2.75) is 19.9 Å². The number of carbonyl (C=O) groups is 1. The number of aryl methyl sites for hydroxylation is 2. The van der Waals surface area contributed by atoms with Crippen molar-refractivity contribution in [2.75, 3.05) is 31.6 Å². The Morgan fingerprint density at radius 2 is 2.06 bits per heavy atom. The van der Waals surface area contributed by atoms with Crippen LogP contribution in [0.5, 0.6) is 0 Å². The fourth-order valence-electron chi connectivity index (χ4n) is 2.52. The van der Waals surface area contributed by atoms with Gasteiger partial charge in [-0.2, -0.15) is 0 Å². The van der Waals surface area contributed by atoms with Crippen molar-refractivity contribution < 1.29 is 4.79 Å². The van der Waals surface area contributed by atoms with Gasteiger partial charge >= 0.3 is 0 Å². The minimum Gasteiger partial charge on any atom is -0.328 e. The van der Waals surface area contributed by atoms with E-state index in [0.717, 1.165) is 24.3 Å². The summed E-state index contributed by atoms with van der Waals surface area (Å²) in [5.41, 5.74) is 9.07. The van der Waals surface area contributed by atoms with Gasteiger partial charge in [-0.1, -0.05) is 17.7 Å². The smallest absolute Gasteiger partial charge is 0.245 e. The third-order valence-corrected chi connectivity index (χ3v) is 3.63. The highest BCUT2D eigenvalue weighted by Crippen LogP contribution is 2.24. The first-order valence-corrected chi connectivity index (χ1v) is 6.33. The molecule has 1 saturated heterocycles. The van der Waals surface area contributed by atoms with E-state index in [1.54, 1.807) is 0 Å². The number of benzene rings is 1. The van der Waals surface area contributed by atoms with Gasteiger partial charge in [0.1, 0.15) is 6.04 Å². The number of nitrogens with zero attached hydrogens (tertiary/aromatic N) is 2. The molecule has 0 aromatic heterocycles. The van der Waals surface area contributed by atoms with Crippen molar-refractivity contribution in [1.82, 2.24) is 4.90 Å². The van der Waals surface area contributed by atoms with Crippen LogP contribution >= 0.6 is 0 Å². The van der Waals surface area contributed by atoms with Crippen molar-refractivity contribution in [2.24, 2.45) is 5.73 Å². The van der Waals surface area contributed by atoms with Crippen LogP contribution in [-0.2, 0) is 4.79 Å². The molecule has 0 spiro atoms. The van der Waals surface area contributed by atoms with Crippen molar-refractivity contribution in [1.29, 1.82) is 0 Å². The van der Waals surface area contributed by atoms with Crippen molar-refractivity contribution in [3.8, 4) is 0 Å². The molecule has 0 aliphatic carbocycles. The van der Waals surface area contributed by atoms with Crippen LogP contribution in [0.25, 0.3) is 0 Å². The SMILES string of the molecule is Cc1ccc(N2CCN(C)C(CN)C2=O)c(C)c1. The van der Waals surface area contributed by atoms with Crippen LogP contribution in [0.1, 0.15) is 11.1 Å². The Bertz CT molecular complexity index is 458. The van der Waals surface area contributed by atoms with Crippen molar-refractivity contribution in [3.05, 3.63) is 29.3 Å². The summed E-state index contributed by atoms with van der Waals surface area (Å²) in [6.07, 6.45) is 0. The number of piperazine rings is 1. The van der Waals surface area contributed by atoms with Crippen LogP contribution in [-0.4, -0.2) is 43.5 Å². The largest absolute Gasteiger partial charge is 0.328 e. The second kappa shape index (κ2) is 5.08. The van der Waals surface area contributed by atoms with Crippen molar-refractivity contribution >= 4 is 11.6 Å². The Morgan fingerprint density at radius 3 is 2.67 bits per heavy atom. The lowest BCUT2D eigenvalue weighted by Crippen LogP contribution is -2.58. The van der Waals surface area contributed by atoms with Gasteiger partial charge in [-0.25, -0.2) is 0 Å². The molecular formula is C14H21N3O. The third kappa shape index (κ3) is 2.26. The summed E-state index contributed by atoms with van der Waals surface area (Å²) in [5.74, 6) is 0.109. The van der Waals surface area contributed by atoms with Gasteiger partial charge in [-0.05, 0) is 32.5 Å². The molecule has 1 amide bonds. The molecule has 2 N–H and O–H groups in total. The molecule has 1 aliphatic heterocycles. The van der Waals surface area contributed by atoms with Gasteiger partial charge in [-0.3, -0.25) is 9.69 Å². The molecule has 1 unspecified atom stereocenters. The summed E-state index contributed by atoms with van der Waals surface area (Å²) < 4.78 is 0. The molecule has 4 nitrogen and oxygen atoms in total. The fourth-order valence-corrected chi connectivity index (χ4v) is 2.52. The van der Waals surface area contributed by atoms with E-state index in [1.807, 2.05) is 35.9 Å². The number of likely N-dealkylation sites (N-methyl/N-ethyl adjacent to an activating group) is 1. The molecule has 1 aromatic carbocycles. The highest BCUT2D eigenvalue weighted by Gasteiger charge is 2.32. The summed E-state index contributed by atoms with van der Waals surface area (Å²) >= 11 is 0. The first-order chi connectivity index (χ1) is 8.54. The Kier molecular flexibility index (Phi) is 3.68. The number of anilines is 1. The number of carbonyl (C=O) groups excluding carboxylic acids is 1. The number of nitrogens with two attached hydrogens (primary N) is 1. The maximum atomic E-state index is 12.4. The van der Waals surface area contributed by atoms with E-state index in [-0.39, 0.29) is 11.9 Å². The molecule has 1 aliphatic rings. The predicted octanol–water partition coefficient (Wildman–Crippen LogP) is 0.909. The van der Waals surface area contributed by atoms with Crippen molar-refractivity contribution in [3.63, 3.8) is 0 Å². The molecule has 0 saturated carbocycles. The lowest BCUT2D eigenvalue weighted by atomic mass is 10.1. The van der Waals surface area contributed by atoms with E-state index < -0.39 is 0 Å². The van der Waals surface area contributed by atoms with Crippen LogP contribution in [0.3, 0.4) is 0 Å². The number of hydrogen-bond acceptors (Lipinski definition) is 3. The molecule has 0 radical (unpaired) electrons. The van der Waals surface area contributed by atoms with Gasteiger partial charge in [0.2, 0.25) is 5.91 Å². The monoisotopic (exact) mass is 247 g/mol. The quantitative estimate of drug-likeness (QED) is 0.845. The Labute approximate surface area is 108 Å². The van der Waals surface area contributed by atoms with Gasteiger partial charge in [0.25, 0.3) is 0 Å². The Morgan fingerprint density at radius 1 is 1.33 bits per heavy atom. The molecule has 1 fully saturated rings. The van der Waals surface area contributed by atoms with Gasteiger partial charge in [-0.15, -0.1) is 0 Å². The first-order valence-electron chi connectivity index (χ1n) is 6.33. The lowest BCUT2D eigenvalue weighted by molar-refractivity contribution is -0.124. The number of hydrogen-bond donors (Lipinski definition) is 1. The first kappa shape index (κ1) is 13.1. The number of rotatable bonds is 2. The van der Waals surface area contributed by atoms with E-state index in [0.29, 0.717) is 6.54 Å². The van der Waals surface area contributed by atoms with Crippen LogP contribution < -0.4 is 10.6 Å². The molecule has 98 valence electrons. The summed E-state index contributed by atoms with van der Waals surface area (Å²) in [4.78, 5) is 16.3. The van der Waals surface area contributed by atoms with Crippen LogP contribution in [0.4, 0.5) is 5.69 Å². The van der Waals surface area contributed by atoms with Gasteiger partial charge < -0.3 is 10.6 Å². The third-order valence-electron chi connectivity index (χ3n) is 3.63. The van der Waals surface area contributed by atoms with Gasteiger partial charge in [0.05, 0.1) is 0 Å². The summed E-state index contributed by atoms with van der Waals surface area (Å²) in [6, 6.07) is 5.99. The van der Waals surface area contributed by atoms with E-state index in [4.69, 9.17) is 5.73 Å². The molecule has 1 atom stereocenters. The molecule has 1 heterocycles. The maximum Gasteiger partial charge on any atom is 0.245 e. The topological polar surface area (TPSA) is 49.6 Å². The second-order valence-electron chi connectivity index (χ2n) is 5.01. The predicted molar refractivity (Wildman–Crippen MR) is 73.7 cm³/mol. The van der Waals surface area contributed by atoms with Gasteiger partial charge in [0.15, 0.2) is 0 Å². The van der Waals surface area contributed by atoms with E-state index >= 15 is 0 Å². The molecule has 0 bridgehead atoms. The zero-order chi connectivity index (χ0) is 13.3. The Balaban J connectivity index is 2.30. The molecule has 2 rings (SSSR count). The fraction of sp³-hybridized carbons (Fsp3) is 0.500. The highest BCUT2D eigenvalue weighted by molar-refractivity contribution is 5.98. The van der Waals surface area contributed by atoms with E-state index in [9.17, 15) is 4.79 Å². The maximum absolute atomic E-state index is 12.4. The van der Waals surface area contributed by atoms with Crippen LogP contribution in [0.2, 0.25) is 0 Å². The zero-order valence-electron chi connectivity index (χ0n) is 11.3. The van der Waals surface area contributed by atoms with Crippen LogP contribution in [0, 0.1) is 13.8 Å². The van der Waals surface area contributed by atoms with Gasteiger partial charge in [0, 0.05) is 25.3 Å². The second-order valence-corrected chi connectivity index (χ2v) is 5.01. The Hall–Kier alpha value is -1.39. The molecule has 4 heteroatoms. The zero-order valence-corrected chi connectivity index (χ0v) is 11.3. The van der Waals surface area contributed by atoms with Crippen LogP contribution in [0.15, 0.2) is 18.2 Å². The summed E-state index contributed by atoms with van der Waals surface area (Å²) in [7, 11) is 1.95. The summed E-state index contributed by atoms with van der Waals surface area (Å²) in [5, 5.41) is 0.